The highest BCUT2D eigenvalue weighted by atomic mass is 16.2. The predicted molar refractivity (Wildman–Crippen MR) is 104 cm³/mol. The van der Waals surface area contributed by atoms with Gasteiger partial charge in [-0.25, -0.2) is 4.79 Å². The Morgan fingerprint density at radius 3 is 2.30 bits per heavy atom. The van der Waals surface area contributed by atoms with Crippen molar-refractivity contribution in [3.8, 4) is 0 Å². The van der Waals surface area contributed by atoms with E-state index in [-0.39, 0.29) is 18.0 Å². The minimum atomic E-state index is -0.267. The summed E-state index contributed by atoms with van der Waals surface area (Å²) < 4.78 is 0. The lowest BCUT2D eigenvalue weighted by Crippen LogP contribution is -2.53. The molecule has 1 aliphatic heterocycles. The zero-order valence-corrected chi connectivity index (χ0v) is 16.1. The first-order valence-corrected chi connectivity index (χ1v) is 9.23. The summed E-state index contributed by atoms with van der Waals surface area (Å²) in [6, 6.07) is 9.70. The van der Waals surface area contributed by atoms with E-state index in [1.807, 2.05) is 18.2 Å². The summed E-state index contributed by atoms with van der Waals surface area (Å²) >= 11 is 0. The van der Waals surface area contributed by atoms with Crippen LogP contribution in [-0.2, 0) is 4.79 Å². The number of nitrogens with zero attached hydrogens (tertiary/aromatic N) is 3. The third kappa shape index (κ3) is 4.45. The number of aryl methyl sites for hydroxylation is 2. The number of rotatable bonds is 3. The molecule has 1 N–H and O–H groups in total. The van der Waals surface area contributed by atoms with Crippen LogP contribution < -0.4 is 5.32 Å². The summed E-state index contributed by atoms with van der Waals surface area (Å²) in [6.07, 6.45) is 3.51. The highest BCUT2D eigenvalue weighted by molar-refractivity contribution is 5.77. The molecule has 0 unspecified atom stereocenters. The summed E-state index contributed by atoms with van der Waals surface area (Å²) in [4.78, 5) is 32.1. The van der Waals surface area contributed by atoms with Crippen LogP contribution in [0.3, 0.4) is 0 Å². The third-order valence-electron chi connectivity index (χ3n) is 5.16. The lowest BCUT2D eigenvalue weighted by atomic mass is 9.96. The lowest BCUT2D eigenvalue weighted by molar-refractivity contribution is -0.130. The normalized spacial score (nSPS) is 15.4. The fraction of sp³-hybridized carbons (Fsp3) is 0.381. The van der Waals surface area contributed by atoms with Gasteiger partial charge in [0, 0.05) is 45.5 Å². The molecule has 6 nitrogen and oxygen atoms in total. The van der Waals surface area contributed by atoms with Crippen LogP contribution in [0.25, 0.3) is 0 Å². The number of piperazine rings is 1. The summed E-state index contributed by atoms with van der Waals surface area (Å²) in [5.41, 5.74) is 4.37. The smallest absolute Gasteiger partial charge is 0.318 e. The average Bonchev–Trinajstić information content (AvgIpc) is 2.69. The molecule has 0 saturated carbocycles. The van der Waals surface area contributed by atoms with Gasteiger partial charge in [0.1, 0.15) is 0 Å². The molecule has 2 aromatic rings. The zero-order valence-electron chi connectivity index (χ0n) is 16.1. The van der Waals surface area contributed by atoms with E-state index < -0.39 is 0 Å². The van der Waals surface area contributed by atoms with Crippen LogP contribution in [0.1, 0.15) is 35.2 Å². The average molecular weight is 366 g/mol. The van der Waals surface area contributed by atoms with Crippen LogP contribution in [0.2, 0.25) is 0 Å². The Balaban J connectivity index is 1.79. The van der Waals surface area contributed by atoms with Crippen LogP contribution in [0, 0.1) is 13.8 Å². The minimum Gasteiger partial charge on any atom is -0.339 e. The Morgan fingerprint density at radius 1 is 1.00 bits per heavy atom. The topological polar surface area (TPSA) is 65.5 Å². The summed E-state index contributed by atoms with van der Waals surface area (Å²) in [5, 5.41) is 3.15. The van der Waals surface area contributed by atoms with E-state index in [4.69, 9.17) is 0 Å². The number of amides is 3. The van der Waals surface area contributed by atoms with E-state index in [9.17, 15) is 9.59 Å². The first-order chi connectivity index (χ1) is 13.0. The van der Waals surface area contributed by atoms with Gasteiger partial charge in [-0.05, 0) is 42.2 Å². The maximum absolute atomic E-state index is 12.9. The molecular formula is C21H26N4O2. The molecule has 142 valence electrons. The molecule has 1 fully saturated rings. The molecule has 1 aliphatic rings. The van der Waals surface area contributed by atoms with Crippen molar-refractivity contribution < 1.29 is 9.59 Å². The van der Waals surface area contributed by atoms with Crippen molar-refractivity contribution in [1.29, 1.82) is 0 Å². The van der Waals surface area contributed by atoms with Gasteiger partial charge in [0.15, 0.2) is 0 Å². The summed E-state index contributed by atoms with van der Waals surface area (Å²) in [6.45, 7) is 7.94. The molecule has 27 heavy (non-hydrogen) atoms. The molecule has 1 atom stereocenters. The summed E-state index contributed by atoms with van der Waals surface area (Å²) in [7, 11) is 0. The van der Waals surface area contributed by atoms with E-state index in [2.05, 4.69) is 36.3 Å². The first-order valence-electron chi connectivity index (χ1n) is 9.23. The maximum atomic E-state index is 12.9. The number of benzene rings is 1. The number of pyridine rings is 1. The van der Waals surface area contributed by atoms with Gasteiger partial charge in [0.05, 0.1) is 6.04 Å². The second-order valence-corrected chi connectivity index (χ2v) is 7.01. The SMILES string of the molecule is CC(=O)N1CCN(C(=O)N[C@H](c2cccnc2)c2ccc(C)c(C)c2)CC1. The standard InChI is InChI=1S/C21H26N4O2/c1-15-6-7-18(13-16(15)2)20(19-5-4-8-22-14-19)23-21(27)25-11-9-24(10-12-25)17(3)26/h4-8,13-14,20H,9-12H2,1-3H3,(H,23,27)/t20-/m0/s1. The quantitative estimate of drug-likeness (QED) is 0.908. The third-order valence-corrected chi connectivity index (χ3v) is 5.16. The Bertz CT molecular complexity index is 814. The number of nitrogens with one attached hydrogen (secondary N) is 1. The van der Waals surface area contributed by atoms with Crippen molar-refractivity contribution in [3.05, 3.63) is 65.0 Å². The molecule has 6 heteroatoms. The van der Waals surface area contributed by atoms with Crippen LogP contribution in [0.4, 0.5) is 4.79 Å². The van der Waals surface area contributed by atoms with Crippen molar-refractivity contribution in [2.45, 2.75) is 26.8 Å². The molecule has 2 heterocycles. The van der Waals surface area contributed by atoms with Crippen LogP contribution in [0.15, 0.2) is 42.7 Å². The Labute approximate surface area is 160 Å². The van der Waals surface area contributed by atoms with Crippen molar-refractivity contribution >= 4 is 11.9 Å². The predicted octanol–water partition coefficient (Wildman–Crippen LogP) is 2.66. The molecule has 1 aromatic carbocycles. The molecule has 3 rings (SSSR count). The fourth-order valence-corrected chi connectivity index (χ4v) is 3.29. The highest BCUT2D eigenvalue weighted by Gasteiger charge is 2.25. The highest BCUT2D eigenvalue weighted by Crippen LogP contribution is 2.24. The second-order valence-electron chi connectivity index (χ2n) is 7.01. The van der Waals surface area contributed by atoms with E-state index in [0.717, 1.165) is 11.1 Å². The monoisotopic (exact) mass is 366 g/mol. The Morgan fingerprint density at radius 2 is 1.70 bits per heavy atom. The van der Waals surface area contributed by atoms with Gasteiger partial charge in [-0.2, -0.15) is 0 Å². The number of urea groups is 1. The van der Waals surface area contributed by atoms with Gasteiger partial charge in [0.2, 0.25) is 5.91 Å². The van der Waals surface area contributed by atoms with Gasteiger partial charge < -0.3 is 15.1 Å². The van der Waals surface area contributed by atoms with Crippen molar-refractivity contribution in [3.63, 3.8) is 0 Å². The van der Waals surface area contributed by atoms with Gasteiger partial charge in [0.25, 0.3) is 0 Å². The molecule has 1 saturated heterocycles. The molecule has 0 bridgehead atoms. The molecule has 0 aliphatic carbocycles. The van der Waals surface area contributed by atoms with Crippen molar-refractivity contribution in [2.24, 2.45) is 0 Å². The van der Waals surface area contributed by atoms with Crippen molar-refractivity contribution in [2.75, 3.05) is 26.2 Å². The molecular weight excluding hydrogens is 340 g/mol. The zero-order chi connectivity index (χ0) is 19.4. The fourth-order valence-electron chi connectivity index (χ4n) is 3.29. The van der Waals surface area contributed by atoms with Gasteiger partial charge in [-0.3, -0.25) is 9.78 Å². The number of hydrogen-bond donors (Lipinski definition) is 1. The number of carbonyl (C=O) groups is 2. The Hall–Kier alpha value is -2.89. The first kappa shape index (κ1) is 18.9. The van der Waals surface area contributed by atoms with E-state index in [0.29, 0.717) is 26.2 Å². The number of aromatic nitrogens is 1. The minimum absolute atomic E-state index is 0.0541. The van der Waals surface area contributed by atoms with Crippen LogP contribution >= 0.6 is 0 Å². The number of carbonyl (C=O) groups excluding carboxylic acids is 2. The Kier molecular flexibility index (Phi) is 5.74. The van der Waals surface area contributed by atoms with E-state index >= 15 is 0 Å². The largest absolute Gasteiger partial charge is 0.339 e. The molecule has 3 amide bonds. The van der Waals surface area contributed by atoms with E-state index in [1.165, 1.54) is 11.1 Å². The van der Waals surface area contributed by atoms with Gasteiger partial charge in [-0.1, -0.05) is 24.3 Å². The van der Waals surface area contributed by atoms with Gasteiger partial charge >= 0.3 is 6.03 Å². The van der Waals surface area contributed by atoms with Crippen LogP contribution in [0.5, 0.6) is 0 Å². The lowest BCUT2D eigenvalue weighted by Gasteiger charge is -2.35. The molecule has 0 radical (unpaired) electrons. The van der Waals surface area contributed by atoms with Crippen molar-refractivity contribution in [1.82, 2.24) is 20.1 Å². The summed E-state index contributed by atoms with van der Waals surface area (Å²) in [5.74, 6) is 0.0541. The van der Waals surface area contributed by atoms with Crippen LogP contribution in [-0.4, -0.2) is 52.9 Å². The molecule has 0 spiro atoms. The molecule has 1 aromatic heterocycles. The number of hydrogen-bond acceptors (Lipinski definition) is 3. The van der Waals surface area contributed by atoms with E-state index in [1.54, 1.807) is 29.1 Å². The maximum Gasteiger partial charge on any atom is 0.318 e. The second kappa shape index (κ2) is 8.20. The van der Waals surface area contributed by atoms with Gasteiger partial charge in [-0.15, -0.1) is 0 Å².